The van der Waals surface area contributed by atoms with E-state index in [2.05, 4.69) is 16.5 Å². The van der Waals surface area contributed by atoms with Crippen LogP contribution in [0.25, 0.3) is 0 Å². The van der Waals surface area contributed by atoms with E-state index in [0.29, 0.717) is 6.54 Å². The maximum absolute atomic E-state index is 10.2. The smallest absolute Gasteiger partial charge is 0.328 e. The van der Waals surface area contributed by atoms with Gasteiger partial charge in [-0.1, -0.05) is 6.08 Å². The molecule has 1 rings (SSSR count). The summed E-state index contributed by atoms with van der Waals surface area (Å²) in [7, 11) is 0. The molecule has 0 spiro atoms. The van der Waals surface area contributed by atoms with E-state index in [1.54, 1.807) is 6.08 Å². The van der Waals surface area contributed by atoms with E-state index in [0.717, 1.165) is 31.3 Å². The molecule has 0 unspecified atom stereocenters. The van der Waals surface area contributed by atoms with Crippen molar-refractivity contribution in [3.63, 3.8) is 0 Å². The molecule has 1 heterocycles. The number of carbonyl (C=O) groups is 1. The van der Waals surface area contributed by atoms with Gasteiger partial charge in [0.05, 0.1) is 5.69 Å². The Morgan fingerprint density at radius 2 is 2.35 bits per heavy atom. The largest absolute Gasteiger partial charge is 0.478 e. The second-order valence-electron chi connectivity index (χ2n) is 3.95. The molecule has 1 aromatic rings. The molecule has 5 heteroatoms. The van der Waals surface area contributed by atoms with Gasteiger partial charge in [-0.25, -0.2) is 4.79 Å². The van der Waals surface area contributed by atoms with Crippen LogP contribution in [0.3, 0.4) is 0 Å². The van der Waals surface area contributed by atoms with Crippen molar-refractivity contribution < 1.29 is 9.90 Å². The van der Waals surface area contributed by atoms with E-state index >= 15 is 0 Å². The van der Waals surface area contributed by atoms with E-state index in [1.807, 2.05) is 18.5 Å². The predicted molar refractivity (Wildman–Crippen MR) is 66.0 cm³/mol. The molecule has 0 saturated heterocycles. The van der Waals surface area contributed by atoms with Gasteiger partial charge in [0.15, 0.2) is 0 Å². The number of nitrogens with zero attached hydrogens (tertiary/aromatic N) is 2. The molecule has 5 nitrogen and oxygen atoms in total. The summed E-state index contributed by atoms with van der Waals surface area (Å²) in [5, 5.41) is 15.9. The summed E-state index contributed by atoms with van der Waals surface area (Å²) >= 11 is 0. The summed E-state index contributed by atoms with van der Waals surface area (Å²) in [5.74, 6) is -0.908. The Labute approximate surface area is 101 Å². The van der Waals surface area contributed by atoms with E-state index in [1.165, 1.54) is 5.69 Å². The van der Waals surface area contributed by atoms with Crippen molar-refractivity contribution in [3.8, 4) is 0 Å². The van der Waals surface area contributed by atoms with Gasteiger partial charge in [0.2, 0.25) is 0 Å². The molecule has 94 valence electrons. The molecule has 0 aromatic carbocycles. The van der Waals surface area contributed by atoms with Crippen LogP contribution in [0.2, 0.25) is 0 Å². The zero-order valence-electron chi connectivity index (χ0n) is 10.3. The molecule has 2 N–H and O–H groups in total. The second-order valence-corrected chi connectivity index (χ2v) is 3.95. The van der Waals surface area contributed by atoms with Crippen molar-refractivity contribution in [1.82, 2.24) is 15.1 Å². The number of carboxylic acids is 1. The summed E-state index contributed by atoms with van der Waals surface area (Å²) in [5.41, 5.74) is 2.22. The predicted octanol–water partition coefficient (Wildman–Crippen LogP) is 1.12. The van der Waals surface area contributed by atoms with Crippen LogP contribution in [-0.2, 0) is 11.3 Å². The van der Waals surface area contributed by atoms with Crippen LogP contribution in [0.15, 0.2) is 18.2 Å². The first-order chi connectivity index (χ1) is 8.09. The highest BCUT2D eigenvalue weighted by Gasteiger charge is 1.99. The number of aliphatic carboxylic acids is 1. The molecule has 0 aliphatic heterocycles. The van der Waals surface area contributed by atoms with Crippen molar-refractivity contribution in [1.29, 1.82) is 0 Å². The summed E-state index contributed by atoms with van der Waals surface area (Å²) < 4.78 is 1.99. The molecular weight excluding hydrogens is 218 g/mol. The third-order valence-corrected chi connectivity index (χ3v) is 2.35. The van der Waals surface area contributed by atoms with Crippen molar-refractivity contribution in [3.05, 3.63) is 29.6 Å². The zero-order valence-corrected chi connectivity index (χ0v) is 10.3. The van der Waals surface area contributed by atoms with Crippen LogP contribution in [0.4, 0.5) is 0 Å². The Bertz CT molecular complexity index is 396. The zero-order chi connectivity index (χ0) is 12.7. The average molecular weight is 237 g/mol. The third kappa shape index (κ3) is 5.31. The number of rotatable bonds is 7. The topological polar surface area (TPSA) is 67.2 Å². The molecule has 0 fully saturated rings. The molecule has 0 radical (unpaired) electrons. The lowest BCUT2D eigenvalue weighted by atomic mass is 10.4. The SMILES string of the molecule is Cc1cc(C)n(CCCNC/C=C/C(=O)O)n1. The first kappa shape index (κ1) is 13.4. The van der Waals surface area contributed by atoms with Gasteiger partial charge in [0.1, 0.15) is 0 Å². The Kier molecular flexibility index (Phi) is 5.42. The maximum atomic E-state index is 10.2. The Hall–Kier alpha value is -1.62. The van der Waals surface area contributed by atoms with Gasteiger partial charge in [-0.2, -0.15) is 5.10 Å². The number of nitrogens with one attached hydrogen (secondary N) is 1. The minimum Gasteiger partial charge on any atom is -0.478 e. The van der Waals surface area contributed by atoms with Gasteiger partial charge in [-0.05, 0) is 32.9 Å². The molecule has 0 atom stereocenters. The lowest BCUT2D eigenvalue weighted by molar-refractivity contribution is -0.131. The highest BCUT2D eigenvalue weighted by Crippen LogP contribution is 2.01. The van der Waals surface area contributed by atoms with E-state index in [-0.39, 0.29) is 0 Å². The van der Waals surface area contributed by atoms with E-state index in [4.69, 9.17) is 5.11 Å². The summed E-state index contributed by atoms with van der Waals surface area (Å²) in [6, 6.07) is 2.06. The van der Waals surface area contributed by atoms with Gasteiger partial charge < -0.3 is 10.4 Å². The van der Waals surface area contributed by atoms with Gasteiger partial charge in [0, 0.05) is 24.9 Å². The summed E-state index contributed by atoms with van der Waals surface area (Å²) in [4.78, 5) is 10.2. The van der Waals surface area contributed by atoms with Crippen molar-refractivity contribution in [2.45, 2.75) is 26.8 Å². The fourth-order valence-electron chi connectivity index (χ4n) is 1.60. The van der Waals surface area contributed by atoms with E-state index < -0.39 is 5.97 Å². The number of aromatic nitrogens is 2. The third-order valence-electron chi connectivity index (χ3n) is 2.35. The van der Waals surface area contributed by atoms with E-state index in [9.17, 15) is 4.79 Å². The monoisotopic (exact) mass is 237 g/mol. The van der Waals surface area contributed by atoms with Crippen LogP contribution >= 0.6 is 0 Å². The first-order valence-electron chi connectivity index (χ1n) is 5.71. The molecule has 0 saturated carbocycles. The minimum atomic E-state index is -0.908. The highest BCUT2D eigenvalue weighted by atomic mass is 16.4. The Morgan fingerprint density at radius 3 is 2.94 bits per heavy atom. The first-order valence-corrected chi connectivity index (χ1v) is 5.71. The van der Waals surface area contributed by atoms with Crippen LogP contribution in [-0.4, -0.2) is 33.9 Å². The Morgan fingerprint density at radius 1 is 1.59 bits per heavy atom. The molecule has 17 heavy (non-hydrogen) atoms. The average Bonchev–Trinajstić information content (AvgIpc) is 2.55. The lowest BCUT2D eigenvalue weighted by Crippen LogP contribution is -2.17. The quantitative estimate of drug-likeness (QED) is 0.551. The second kappa shape index (κ2) is 6.85. The van der Waals surface area contributed by atoms with Crippen LogP contribution in [0.1, 0.15) is 17.8 Å². The van der Waals surface area contributed by atoms with Gasteiger partial charge in [0.25, 0.3) is 0 Å². The fourth-order valence-corrected chi connectivity index (χ4v) is 1.60. The maximum Gasteiger partial charge on any atom is 0.328 e. The van der Waals surface area contributed by atoms with Gasteiger partial charge in [-0.3, -0.25) is 4.68 Å². The Balaban J connectivity index is 2.12. The number of aryl methyl sites for hydroxylation is 3. The number of hydrogen-bond acceptors (Lipinski definition) is 3. The van der Waals surface area contributed by atoms with Crippen molar-refractivity contribution in [2.75, 3.05) is 13.1 Å². The molecule has 0 aliphatic rings. The fraction of sp³-hybridized carbons (Fsp3) is 0.500. The normalized spacial score (nSPS) is 11.2. The minimum absolute atomic E-state index is 0.587. The summed E-state index contributed by atoms with van der Waals surface area (Å²) in [6.07, 6.45) is 3.72. The molecule has 0 aliphatic carbocycles. The van der Waals surface area contributed by atoms with Crippen LogP contribution in [0.5, 0.6) is 0 Å². The molecule has 0 bridgehead atoms. The highest BCUT2D eigenvalue weighted by molar-refractivity contribution is 5.79. The molecule has 1 aromatic heterocycles. The van der Waals surface area contributed by atoms with Crippen LogP contribution in [0, 0.1) is 13.8 Å². The van der Waals surface area contributed by atoms with Gasteiger partial charge >= 0.3 is 5.97 Å². The van der Waals surface area contributed by atoms with Crippen LogP contribution < -0.4 is 5.32 Å². The number of hydrogen-bond donors (Lipinski definition) is 2. The molecule has 0 amide bonds. The standard InChI is InChI=1S/C12H19N3O2/c1-10-9-11(2)15(14-10)8-4-7-13-6-3-5-12(16)17/h3,5,9,13H,4,6-8H2,1-2H3,(H,16,17)/b5-3+. The van der Waals surface area contributed by atoms with Crippen molar-refractivity contribution >= 4 is 5.97 Å². The van der Waals surface area contributed by atoms with Crippen molar-refractivity contribution in [2.24, 2.45) is 0 Å². The lowest BCUT2D eigenvalue weighted by Gasteiger charge is -2.04. The van der Waals surface area contributed by atoms with Gasteiger partial charge in [-0.15, -0.1) is 0 Å². The number of carboxylic acid groups (broad SMARTS) is 1. The summed E-state index contributed by atoms with van der Waals surface area (Å²) in [6.45, 7) is 6.35. The molecular formula is C12H19N3O2.